The third kappa shape index (κ3) is 2.80. The second kappa shape index (κ2) is 7.39. The molecule has 4 aromatic heterocycles. The first-order valence-electron chi connectivity index (χ1n) is 12.7. The Balaban J connectivity index is 0.00000229. The Morgan fingerprint density at radius 1 is 1.12 bits per heavy atom. The van der Waals surface area contributed by atoms with E-state index in [9.17, 15) is 0 Å². The number of H-pyrrole nitrogens is 1. The third-order valence-corrected chi connectivity index (χ3v) is 10.3. The summed E-state index contributed by atoms with van der Waals surface area (Å²) in [6, 6.07) is 1.43. The van der Waals surface area contributed by atoms with Crippen molar-refractivity contribution >= 4 is 27.2 Å². The Bertz CT molecular complexity index is 1430. The van der Waals surface area contributed by atoms with Crippen molar-refractivity contribution in [2.75, 3.05) is 19.8 Å². The van der Waals surface area contributed by atoms with Crippen molar-refractivity contribution in [3.63, 3.8) is 0 Å². The lowest BCUT2D eigenvalue weighted by Gasteiger charge is -2.41. The highest BCUT2D eigenvalue weighted by Gasteiger charge is 2.49. The van der Waals surface area contributed by atoms with Crippen molar-refractivity contribution in [3.8, 4) is 11.3 Å². The molecule has 7 heteroatoms. The minimum absolute atomic E-state index is 0. The standard InChI is InChI=1S/C27H33N5OS.H2/c1-13(2)22-23-16(5)25(20-7-18-6-17(20)8-31(18)19-10-33-11-19)34-27(23)30-24(22)21-9-32-26(28-12-29-32)15(4)14(21)3;/h9,12-13,17-20,30H,6-8,10-11H2,1-5H3;1H/t17-,18-,20+;/m0./s1. The van der Waals surface area contributed by atoms with Crippen LogP contribution in [0.15, 0.2) is 12.5 Å². The summed E-state index contributed by atoms with van der Waals surface area (Å²) in [7, 11) is 0. The van der Waals surface area contributed by atoms with Gasteiger partial charge in [-0.3, -0.25) is 4.90 Å². The fourth-order valence-corrected chi connectivity index (χ4v) is 8.45. The van der Waals surface area contributed by atoms with E-state index in [1.165, 1.54) is 63.1 Å². The van der Waals surface area contributed by atoms with Crippen LogP contribution in [0.25, 0.3) is 27.1 Å². The minimum Gasteiger partial charge on any atom is -0.378 e. The molecule has 180 valence electrons. The van der Waals surface area contributed by atoms with Crippen LogP contribution in [0.1, 0.15) is 67.1 Å². The van der Waals surface area contributed by atoms with Gasteiger partial charge < -0.3 is 9.72 Å². The number of aromatic amines is 1. The number of ether oxygens (including phenoxy) is 1. The smallest absolute Gasteiger partial charge is 0.158 e. The topological polar surface area (TPSA) is 58.5 Å². The molecule has 2 bridgehead atoms. The molecule has 1 saturated carbocycles. The van der Waals surface area contributed by atoms with E-state index < -0.39 is 0 Å². The number of nitrogens with one attached hydrogen (secondary N) is 1. The molecule has 0 unspecified atom stereocenters. The summed E-state index contributed by atoms with van der Waals surface area (Å²) in [5, 5.41) is 5.91. The second-order valence-electron chi connectivity index (χ2n) is 11.1. The zero-order chi connectivity index (χ0) is 23.3. The maximum Gasteiger partial charge on any atom is 0.158 e. The Morgan fingerprint density at radius 3 is 2.62 bits per heavy atom. The number of hydrogen-bond acceptors (Lipinski definition) is 5. The van der Waals surface area contributed by atoms with E-state index in [-0.39, 0.29) is 1.43 Å². The van der Waals surface area contributed by atoms with Gasteiger partial charge in [0.25, 0.3) is 0 Å². The summed E-state index contributed by atoms with van der Waals surface area (Å²) in [6.45, 7) is 14.5. The number of aromatic nitrogens is 4. The maximum atomic E-state index is 5.48. The fraction of sp³-hybridized carbons (Fsp3) is 0.556. The summed E-state index contributed by atoms with van der Waals surface area (Å²) < 4.78 is 7.40. The molecule has 2 aliphatic heterocycles. The van der Waals surface area contributed by atoms with Crippen molar-refractivity contribution in [2.45, 2.75) is 71.4 Å². The number of thiophene rings is 1. The lowest BCUT2D eigenvalue weighted by Crippen LogP contribution is -2.52. The van der Waals surface area contributed by atoms with E-state index in [1.807, 2.05) is 15.9 Å². The van der Waals surface area contributed by atoms with Gasteiger partial charge in [-0.1, -0.05) is 13.8 Å². The Morgan fingerprint density at radius 2 is 1.94 bits per heavy atom. The van der Waals surface area contributed by atoms with Gasteiger partial charge in [-0.25, -0.2) is 9.50 Å². The van der Waals surface area contributed by atoms with Gasteiger partial charge in [0.05, 0.1) is 24.9 Å². The summed E-state index contributed by atoms with van der Waals surface area (Å²) in [4.78, 5) is 14.1. The highest BCUT2D eigenvalue weighted by molar-refractivity contribution is 7.19. The Labute approximate surface area is 205 Å². The molecule has 6 heterocycles. The number of piperidine rings is 1. The first-order chi connectivity index (χ1) is 16.4. The van der Waals surface area contributed by atoms with Crippen LogP contribution in [-0.2, 0) is 4.74 Å². The van der Waals surface area contributed by atoms with E-state index >= 15 is 0 Å². The largest absolute Gasteiger partial charge is 0.378 e. The van der Waals surface area contributed by atoms with Crippen molar-refractivity contribution < 1.29 is 6.16 Å². The van der Waals surface area contributed by atoms with Crippen LogP contribution >= 0.6 is 11.3 Å². The number of pyridine rings is 1. The predicted octanol–water partition coefficient (Wildman–Crippen LogP) is 5.81. The quantitative estimate of drug-likeness (QED) is 0.403. The molecular weight excluding hydrogens is 442 g/mol. The molecule has 0 spiro atoms. The van der Waals surface area contributed by atoms with Crippen molar-refractivity contribution in [3.05, 3.63) is 39.7 Å². The van der Waals surface area contributed by atoms with Crippen LogP contribution in [0.2, 0.25) is 0 Å². The fourth-order valence-electron chi connectivity index (χ4n) is 7.02. The van der Waals surface area contributed by atoms with Gasteiger partial charge in [0, 0.05) is 36.0 Å². The van der Waals surface area contributed by atoms with Gasteiger partial charge in [0.2, 0.25) is 0 Å². The number of likely N-dealkylation sites (tertiary alicyclic amines) is 1. The van der Waals surface area contributed by atoms with Gasteiger partial charge in [0.1, 0.15) is 11.2 Å². The second-order valence-corrected chi connectivity index (χ2v) is 12.1. The molecule has 1 aliphatic carbocycles. The molecule has 0 radical (unpaired) electrons. The molecule has 4 aromatic rings. The van der Waals surface area contributed by atoms with Crippen LogP contribution in [-0.4, -0.2) is 56.3 Å². The average Bonchev–Trinajstić information content (AvgIpc) is 3.56. The van der Waals surface area contributed by atoms with Gasteiger partial charge >= 0.3 is 0 Å². The zero-order valence-electron chi connectivity index (χ0n) is 20.7. The van der Waals surface area contributed by atoms with Gasteiger partial charge in [-0.15, -0.1) is 11.3 Å². The van der Waals surface area contributed by atoms with Gasteiger partial charge in [0.15, 0.2) is 5.65 Å². The molecule has 3 fully saturated rings. The summed E-state index contributed by atoms with van der Waals surface area (Å²) in [5.74, 6) is 1.95. The number of nitrogens with zero attached hydrogens (tertiary/aromatic N) is 4. The number of fused-ring (bicyclic) bond motifs is 4. The first-order valence-corrected chi connectivity index (χ1v) is 13.5. The SMILES string of the molecule is Cc1c(-c2[nH]c3sc([C@@H]4C[C@@H]5C[C@H]4CN5C4COC4)c(C)c3c2C(C)C)cn2ncnc2c1C.[HH]. The zero-order valence-corrected chi connectivity index (χ0v) is 21.5. The minimum atomic E-state index is 0. The Kier molecular flexibility index (Phi) is 4.58. The van der Waals surface area contributed by atoms with Gasteiger partial charge in [-0.05, 0) is 73.6 Å². The van der Waals surface area contributed by atoms with Crippen LogP contribution in [0.4, 0.5) is 0 Å². The molecule has 3 atom stereocenters. The average molecular weight is 478 g/mol. The first kappa shape index (κ1) is 21.1. The van der Waals surface area contributed by atoms with Crippen molar-refractivity contribution in [1.82, 2.24) is 24.5 Å². The summed E-state index contributed by atoms with van der Waals surface area (Å²) >= 11 is 2.02. The lowest BCUT2D eigenvalue weighted by atomic mass is 9.88. The van der Waals surface area contributed by atoms with Gasteiger partial charge in [-0.2, -0.15) is 5.10 Å². The predicted molar refractivity (Wildman–Crippen MR) is 139 cm³/mol. The van der Waals surface area contributed by atoms with Crippen LogP contribution in [0.5, 0.6) is 0 Å². The molecule has 34 heavy (non-hydrogen) atoms. The molecule has 0 aromatic carbocycles. The van der Waals surface area contributed by atoms with Crippen LogP contribution in [0.3, 0.4) is 0 Å². The summed E-state index contributed by atoms with van der Waals surface area (Å²) in [6.07, 6.45) is 6.48. The van der Waals surface area contributed by atoms with E-state index in [4.69, 9.17) is 4.74 Å². The van der Waals surface area contributed by atoms with Crippen molar-refractivity contribution in [2.24, 2.45) is 5.92 Å². The van der Waals surface area contributed by atoms with Crippen molar-refractivity contribution in [1.29, 1.82) is 0 Å². The molecule has 7 rings (SSSR count). The molecule has 1 N–H and O–H groups in total. The van der Waals surface area contributed by atoms with Crippen LogP contribution < -0.4 is 0 Å². The number of hydrogen-bond donors (Lipinski definition) is 1. The maximum absolute atomic E-state index is 5.48. The highest BCUT2D eigenvalue weighted by atomic mass is 32.1. The van der Waals surface area contributed by atoms with E-state index in [2.05, 4.69) is 60.8 Å². The number of aryl methyl sites for hydroxylation is 2. The van der Waals surface area contributed by atoms with E-state index in [1.54, 1.807) is 11.2 Å². The van der Waals surface area contributed by atoms with E-state index in [0.717, 1.165) is 30.8 Å². The molecular formula is C27H35N5OS. The van der Waals surface area contributed by atoms with Crippen LogP contribution in [0, 0.1) is 26.7 Å². The highest BCUT2D eigenvalue weighted by Crippen LogP contribution is 2.53. The Hall–Kier alpha value is -2.22. The molecule has 0 amide bonds. The normalized spacial score (nSPS) is 25.4. The molecule has 2 saturated heterocycles. The number of rotatable bonds is 4. The third-order valence-electron chi connectivity index (χ3n) is 8.94. The lowest BCUT2D eigenvalue weighted by molar-refractivity contribution is -0.0755. The van der Waals surface area contributed by atoms with E-state index in [0.29, 0.717) is 17.9 Å². The summed E-state index contributed by atoms with van der Waals surface area (Å²) in [5.41, 5.74) is 8.88. The molecule has 6 nitrogen and oxygen atoms in total. The molecule has 3 aliphatic rings. The monoisotopic (exact) mass is 477 g/mol.